The van der Waals surface area contributed by atoms with Gasteiger partial charge < -0.3 is 14.2 Å². The van der Waals surface area contributed by atoms with Gasteiger partial charge in [-0.25, -0.2) is 0 Å². The van der Waals surface area contributed by atoms with E-state index in [1.165, 1.54) is 180 Å². The number of rotatable bonds is 55. The van der Waals surface area contributed by atoms with Crippen molar-refractivity contribution in [2.45, 2.75) is 297 Å². The minimum absolute atomic E-state index is 0.0444. The summed E-state index contributed by atoms with van der Waals surface area (Å²) in [6, 6.07) is 0. The van der Waals surface area contributed by atoms with Crippen molar-refractivity contribution in [2.24, 2.45) is 0 Å². The molecule has 0 rings (SSSR count). The quantitative estimate of drug-likeness (QED) is 0.0345. The SMILES string of the molecule is CC/C=C\C/C=C\C/C=C\C/C=C\C/C=C\C/C=C\CCC(=O)OCC(COCCCCCCCCCCCCCCCCCC)OC(=O)CCCCCCCCCCC/C=C\CCCCCCCC. The highest BCUT2D eigenvalue weighted by atomic mass is 16.6. The second-order valence-electron chi connectivity index (χ2n) is 19.9. The maximum absolute atomic E-state index is 12.9. The highest BCUT2D eigenvalue weighted by Crippen LogP contribution is 2.16. The molecule has 0 aliphatic rings. The van der Waals surface area contributed by atoms with Crippen molar-refractivity contribution in [3.05, 3.63) is 85.1 Å². The Morgan fingerprint density at radius 1 is 0.329 bits per heavy atom. The lowest BCUT2D eigenvalue weighted by Gasteiger charge is -2.18. The average molecular weight is 976 g/mol. The Bertz CT molecular complexity index is 1290. The highest BCUT2D eigenvalue weighted by Gasteiger charge is 2.17. The van der Waals surface area contributed by atoms with Gasteiger partial charge >= 0.3 is 11.9 Å². The maximum Gasteiger partial charge on any atom is 0.306 e. The van der Waals surface area contributed by atoms with Gasteiger partial charge in [-0.2, -0.15) is 0 Å². The molecule has 0 aromatic rings. The van der Waals surface area contributed by atoms with Crippen LogP contribution in [0.2, 0.25) is 0 Å². The first kappa shape index (κ1) is 67.1. The molecule has 0 fully saturated rings. The molecule has 0 saturated heterocycles. The molecule has 0 aliphatic carbocycles. The first-order valence-electron chi connectivity index (χ1n) is 30.1. The summed E-state index contributed by atoms with van der Waals surface area (Å²) in [5.41, 5.74) is 0. The molecule has 404 valence electrons. The number of hydrogen-bond acceptors (Lipinski definition) is 5. The van der Waals surface area contributed by atoms with Crippen LogP contribution in [0.1, 0.15) is 290 Å². The number of esters is 2. The number of carbonyl (C=O) groups is 2. The third-order valence-corrected chi connectivity index (χ3v) is 12.9. The van der Waals surface area contributed by atoms with Gasteiger partial charge in [0, 0.05) is 19.4 Å². The van der Waals surface area contributed by atoms with Gasteiger partial charge in [-0.1, -0.05) is 279 Å². The number of carbonyl (C=O) groups excluding carboxylic acids is 2. The van der Waals surface area contributed by atoms with Crippen LogP contribution in [0.25, 0.3) is 0 Å². The summed E-state index contributed by atoms with van der Waals surface area (Å²) in [5.74, 6) is -0.486. The van der Waals surface area contributed by atoms with Crippen LogP contribution in [0.5, 0.6) is 0 Å². The van der Waals surface area contributed by atoms with E-state index in [1.54, 1.807) is 0 Å². The fourth-order valence-corrected chi connectivity index (χ4v) is 8.47. The molecular formula is C65H114O5. The van der Waals surface area contributed by atoms with Crippen molar-refractivity contribution >= 4 is 11.9 Å². The Morgan fingerprint density at radius 2 is 0.671 bits per heavy atom. The Kier molecular flexibility index (Phi) is 57.9. The van der Waals surface area contributed by atoms with E-state index in [2.05, 4.69) is 99.8 Å². The average Bonchev–Trinajstić information content (AvgIpc) is 3.36. The molecule has 0 aromatic carbocycles. The van der Waals surface area contributed by atoms with Crippen LogP contribution in [0.4, 0.5) is 0 Å². The van der Waals surface area contributed by atoms with E-state index < -0.39 is 6.10 Å². The van der Waals surface area contributed by atoms with Gasteiger partial charge in [0.05, 0.1) is 6.61 Å². The van der Waals surface area contributed by atoms with E-state index in [9.17, 15) is 9.59 Å². The van der Waals surface area contributed by atoms with Crippen LogP contribution in [0, 0.1) is 0 Å². The fraction of sp³-hybridized carbons (Fsp3) is 0.754. The van der Waals surface area contributed by atoms with Crippen molar-refractivity contribution in [3.8, 4) is 0 Å². The molecule has 0 saturated carbocycles. The third-order valence-electron chi connectivity index (χ3n) is 12.9. The monoisotopic (exact) mass is 975 g/mol. The van der Waals surface area contributed by atoms with E-state index in [1.807, 2.05) is 6.08 Å². The molecule has 0 amide bonds. The summed E-state index contributed by atoms with van der Waals surface area (Å²) in [7, 11) is 0. The number of allylic oxidation sites excluding steroid dienone is 14. The summed E-state index contributed by atoms with van der Waals surface area (Å²) in [4.78, 5) is 25.5. The van der Waals surface area contributed by atoms with Crippen molar-refractivity contribution in [1.82, 2.24) is 0 Å². The predicted molar refractivity (Wildman–Crippen MR) is 307 cm³/mol. The minimum atomic E-state index is -0.570. The molecule has 0 aromatic heterocycles. The van der Waals surface area contributed by atoms with E-state index in [4.69, 9.17) is 14.2 Å². The third kappa shape index (κ3) is 57.7. The van der Waals surface area contributed by atoms with E-state index >= 15 is 0 Å². The fourth-order valence-electron chi connectivity index (χ4n) is 8.47. The lowest BCUT2D eigenvalue weighted by Crippen LogP contribution is -2.30. The Balaban J connectivity index is 4.37. The van der Waals surface area contributed by atoms with Gasteiger partial charge in [-0.15, -0.1) is 0 Å². The standard InChI is InChI=1S/C65H114O5/c1-4-7-10-13-16-19-22-25-28-31-33-35-37-40-43-46-49-52-55-58-64(66)69-62-63(61-68-60-57-54-51-48-45-42-39-30-27-24-21-18-15-12-9-6-3)70-65(67)59-56-53-50-47-44-41-38-36-34-32-29-26-23-20-17-14-11-8-5-2/h7,10,16,19,25-26,28-29,33,35,40,43,49,52,63H,4-6,8-9,11-15,17-18,20-24,27,30-32,34,36-39,41-42,44-48,50-51,53-62H2,1-3H3/b10-7-,19-16-,28-25-,29-26-,35-33-,43-40-,52-49-. The number of hydrogen-bond donors (Lipinski definition) is 0. The minimum Gasteiger partial charge on any atom is -0.462 e. The summed E-state index contributed by atoms with van der Waals surface area (Å²) in [5, 5.41) is 0. The largest absolute Gasteiger partial charge is 0.462 e. The summed E-state index contributed by atoms with van der Waals surface area (Å²) >= 11 is 0. The second-order valence-corrected chi connectivity index (χ2v) is 19.9. The maximum atomic E-state index is 12.9. The van der Waals surface area contributed by atoms with E-state index in [0.717, 1.165) is 70.6 Å². The van der Waals surface area contributed by atoms with Crippen LogP contribution in [0.3, 0.4) is 0 Å². The Labute approximate surface area is 435 Å². The molecule has 0 bridgehead atoms. The summed E-state index contributed by atoms with van der Waals surface area (Å²) < 4.78 is 17.4. The van der Waals surface area contributed by atoms with Crippen molar-refractivity contribution in [1.29, 1.82) is 0 Å². The van der Waals surface area contributed by atoms with Gasteiger partial charge in [-0.05, 0) is 83.5 Å². The van der Waals surface area contributed by atoms with Crippen molar-refractivity contribution < 1.29 is 23.8 Å². The molecule has 1 unspecified atom stereocenters. The lowest BCUT2D eigenvalue weighted by molar-refractivity contribution is -0.162. The highest BCUT2D eigenvalue weighted by molar-refractivity contribution is 5.70. The van der Waals surface area contributed by atoms with Gasteiger partial charge in [0.25, 0.3) is 0 Å². The topological polar surface area (TPSA) is 61.8 Å². The van der Waals surface area contributed by atoms with Gasteiger partial charge in [0.2, 0.25) is 0 Å². The number of unbranched alkanes of at least 4 members (excludes halogenated alkanes) is 30. The lowest BCUT2D eigenvalue weighted by atomic mass is 10.0. The molecule has 70 heavy (non-hydrogen) atoms. The van der Waals surface area contributed by atoms with Crippen molar-refractivity contribution in [3.63, 3.8) is 0 Å². The van der Waals surface area contributed by atoms with Gasteiger partial charge in [0.15, 0.2) is 6.10 Å². The van der Waals surface area contributed by atoms with Crippen LogP contribution in [0.15, 0.2) is 85.1 Å². The van der Waals surface area contributed by atoms with E-state index in [0.29, 0.717) is 25.9 Å². The molecule has 0 radical (unpaired) electrons. The van der Waals surface area contributed by atoms with Gasteiger partial charge in [-0.3, -0.25) is 9.59 Å². The first-order chi connectivity index (χ1) is 34.6. The van der Waals surface area contributed by atoms with Crippen LogP contribution in [-0.4, -0.2) is 37.9 Å². The van der Waals surface area contributed by atoms with E-state index in [-0.39, 0.29) is 25.2 Å². The molecule has 0 heterocycles. The zero-order chi connectivity index (χ0) is 50.6. The molecule has 0 N–H and O–H groups in total. The van der Waals surface area contributed by atoms with Crippen LogP contribution >= 0.6 is 0 Å². The molecule has 5 heteroatoms. The Hall–Kier alpha value is -2.92. The number of ether oxygens (including phenoxy) is 3. The normalized spacial score (nSPS) is 12.8. The Morgan fingerprint density at radius 3 is 1.09 bits per heavy atom. The second kappa shape index (κ2) is 60.4. The van der Waals surface area contributed by atoms with Crippen molar-refractivity contribution in [2.75, 3.05) is 19.8 Å². The molecular weight excluding hydrogens is 861 g/mol. The molecule has 5 nitrogen and oxygen atoms in total. The van der Waals surface area contributed by atoms with Crippen LogP contribution < -0.4 is 0 Å². The smallest absolute Gasteiger partial charge is 0.306 e. The first-order valence-corrected chi connectivity index (χ1v) is 30.1. The summed E-state index contributed by atoms with van der Waals surface area (Å²) in [6.07, 6.45) is 80.5. The summed E-state index contributed by atoms with van der Waals surface area (Å²) in [6.45, 7) is 7.67. The van der Waals surface area contributed by atoms with Gasteiger partial charge in [0.1, 0.15) is 6.61 Å². The molecule has 0 spiro atoms. The predicted octanol–water partition coefficient (Wildman–Crippen LogP) is 20.8. The van der Waals surface area contributed by atoms with Crippen LogP contribution in [-0.2, 0) is 23.8 Å². The molecule has 0 aliphatic heterocycles. The molecule has 1 atom stereocenters. The zero-order valence-corrected chi connectivity index (χ0v) is 46.5. The zero-order valence-electron chi connectivity index (χ0n) is 46.5.